The van der Waals surface area contributed by atoms with Gasteiger partial charge in [0.15, 0.2) is 0 Å². The molecule has 0 atom stereocenters. The summed E-state index contributed by atoms with van der Waals surface area (Å²) in [7, 11) is -3.70. The Morgan fingerprint density at radius 2 is 1.62 bits per heavy atom. The van der Waals surface area contributed by atoms with Crippen molar-refractivity contribution in [3.63, 3.8) is 0 Å². The molecular weight excluding hydrogens is 573 g/mol. The van der Waals surface area contributed by atoms with Crippen LogP contribution in [0.15, 0.2) is 60.9 Å². The number of hydrogen-bond acceptors (Lipinski definition) is 7. The van der Waals surface area contributed by atoms with E-state index in [1.54, 1.807) is 18.2 Å². The van der Waals surface area contributed by atoms with E-state index < -0.39 is 33.6 Å². The van der Waals surface area contributed by atoms with E-state index in [1.165, 1.54) is 35.5 Å². The number of piperazine rings is 1. The number of ether oxygens (including phenoxy) is 1. The van der Waals surface area contributed by atoms with Gasteiger partial charge in [0, 0.05) is 60.3 Å². The van der Waals surface area contributed by atoms with Crippen molar-refractivity contribution in [2.45, 2.75) is 13.1 Å². The van der Waals surface area contributed by atoms with Crippen molar-refractivity contribution in [2.24, 2.45) is 0 Å². The molecule has 1 N–H and O–H groups in total. The first-order valence-electron chi connectivity index (χ1n) is 12.8. The zero-order valence-electron chi connectivity index (χ0n) is 22.7. The van der Waals surface area contributed by atoms with E-state index in [1.807, 2.05) is 16.5 Å². The Kier molecular flexibility index (Phi) is 9.06. The number of alkyl halides is 3. The van der Waals surface area contributed by atoms with Crippen LogP contribution in [0.25, 0.3) is 0 Å². The number of anilines is 1. The molecule has 2 heterocycles. The van der Waals surface area contributed by atoms with Crippen LogP contribution in [0.3, 0.4) is 0 Å². The fourth-order valence-electron chi connectivity index (χ4n) is 4.27. The number of nitrogens with one attached hydrogen (secondary N) is 1. The van der Waals surface area contributed by atoms with Gasteiger partial charge in [0.1, 0.15) is 5.75 Å². The van der Waals surface area contributed by atoms with Gasteiger partial charge in [-0.3, -0.25) is 14.6 Å². The van der Waals surface area contributed by atoms with E-state index in [-0.39, 0.29) is 29.8 Å². The van der Waals surface area contributed by atoms with Gasteiger partial charge < -0.3 is 14.5 Å². The molecule has 2 aromatic carbocycles. The monoisotopic (exact) mass is 600 g/mol. The molecule has 1 aromatic heterocycles. The molecule has 42 heavy (non-hydrogen) atoms. The van der Waals surface area contributed by atoms with Crippen molar-refractivity contribution in [1.82, 2.24) is 14.6 Å². The number of carbonyl (C=O) groups is 2. The Balaban J connectivity index is 1.48. The van der Waals surface area contributed by atoms with Crippen LogP contribution in [0.2, 0.25) is 0 Å². The maximum absolute atomic E-state index is 13.7. The zero-order chi connectivity index (χ0) is 30.5. The number of nitrogens with zero attached hydrogens (tertiary/aromatic N) is 3. The average Bonchev–Trinajstić information content (AvgIpc) is 2.95. The highest BCUT2D eigenvalue weighted by Crippen LogP contribution is 2.31. The molecule has 0 spiro atoms. The summed E-state index contributed by atoms with van der Waals surface area (Å²) in [6.45, 7) is 3.53. The Morgan fingerprint density at radius 1 is 0.952 bits per heavy atom. The van der Waals surface area contributed by atoms with E-state index >= 15 is 0 Å². The SMILES string of the molecule is CCOc1cncc(C#Cc2cc(C(=O)N3CCN(c4ccc(C(=O)NS(C)(=O)=O)cc4)CC3)cc(C(F)(F)F)c2)c1. The van der Waals surface area contributed by atoms with E-state index in [0.29, 0.717) is 31.0 Å². The number of carbonyl (C=O) groups excluding carboxylic acids is 2. The molecule has 220 valence electrons. The molecule has 0 saturated carbocycles. The third-order valence-electron chi connectivity index (χ3n) is 6.22. The number of sulfonamides is 1. The van der Waals surface area contributed by atoms with Gasteiger partial charge in [0.25, 0.3) is 11.8 Å². The third-order valence-corrected chi connectivity index (χ3v) is 6.78. The van der Waals surface area contributed by atoms with Crippen LogP contribution in [-0.2, 0) is 16.2 Å². The second-order valence-electron chi connectivity index (χ2n) is 9.42. The summed E-state index contributed by atoms with van der Waals surface area (Å²) in [5, 5.41) is 0. The maximum atomic E-state index is 13.7. The standard InChI is InChI=1S/C29H27F3N4O5S/c1-3-41-26-16-21(18-33-19-26)5-4-20-14-23(17-24(15-20)29(30,31)32)28(38)36-12-10-35(11-13-36)25-8-6-22(7-9-25)27(37)34-42(2,39)40/h6-9,14-19H,3,10-13H2,1-2H3,(H,34,37). The number of benzene rings is 2. The van der Waals surface area contributed by atoms with Crippen LogP contribution in [0.1, 0.15) is 44.3 Å². The molecule has 0 bridgehead atoms. The Morgan fingerprint density at radius 3 is 2.24 bits per heavy atom. The summed E-state index contributed by atoms with van der Waals surface area (Å²) in [5.74, 6) is 4.68. The van der Waals surface area contributed by atoms with Crippen molar-refractivity contribution in [1.29, 1.82) is 0 Å². The molecule has 4 rings (SSSR count). The number of pyridine rings is 1. The van der Waals surface area contributed by atoms with Gasteiger partial charge in [-0.05, 0) is 55.5 Å². The molecule has 0 aliphatic carbocycles. The summed E-state index contributed by atoms with van der Waals surface area (Å²) in [4.78, 5) is 32.7. The van der Waals surface area contributed by atoms with E-state index in [0.717, 1.165) is 24.1 Å². The molecule has 3 aromatic rings. The lowest BCUT2D eigenvalue weighted by molar-refractivity contribution is -0.137. The van der Waals surface area contributed by atoms with Gasteiger partial charge in [-0.2, -0.15) is 13.2 Å². The van der Waals surface area contributed by atoms with Gasteiger partial charge in [-0.15, -0.1) is 0 Å². The molecule has 0 radical (unpaired) electrons. The van der Waals surface area contributed by atoms with Crippen molar-refractivity contribution in [3.05, 3.63) is 88.7 Å². The smallest absolute Gasteiger partial charge is 0.416 e. The summed E-state index contributed by atoms with van der Waals surface area (Å²) >= 11 is 0. The first-order valence-corrected chi connectivity index (χ1v) is 14.7. The van der Waals surface area contributed by atoms with Crippen LogP contribution < -0.4 is 14.4 Å². The minimum Gasteiger partial charge on any atom is -0.492 e. The highest BCUT2D eigenvalue weighted by Gasteiger charge is 2.32. The van der Waals surface area contributed by atoms with Crippen LogP contribution in [0.5, 0.6) is 5.75 Å². The normalized spacial score (nSPS) is 13.6. The van der Waals surface area contributed by atoms with Crippen LogP contribution >= 0.6 is 0 Å². The molecule has 0 unspecified atom stereocenters. The van der Waals surface area contributed by atoms with Crippen LogP contribution in [0, 0.1) is 11.8 Å². The van der Waals surface area contributed by atoms with Gasteiger partial charge in [-0.1, -0.05) is 11.8 Å². The predicted molar refractivity (Wildman–Crippen MR) is 150 cm³/mol. The fourth-order valence-corrected chi connectivity index (χ4v) is 4.72. The van der Waals surface area contributed by atoms with Gasteiger partial charge in [0.2, 0.25) is 10.0 Å². The molecule has 1 aliphatic heterocycles. The summed E-state index contributed by atoms with van der Waals surface area (Å²) < 4.78 is 70.9. The first kappa shape index (κ1) is 30.4. The van der Waals surface area contributed by atoms with Crippen molar-refractivity contribution in [3.8, 4) is 17.6 Å². The fraction of sp³-hybridized carbons (Fsp3) is 0.276. The predicted octanol–water partition coefficient (Wildman–Crippen LogP) is 3.55. The van der Waals surface area contributed by atoms with Crippen LogP contribution in [0.4, 0.5) is 18.9 Å². The minimum atomic E-state index is -4.67. The van der Waals surface area contributed by atoms with Gasteiger partial charge in [0.05, 0.1) is 24.6 Å². The number of aromatic nitrogens is 1. The third kappa shape index (κ3) is 8.01. The topological polar surface area (TPSA) is 109 Å². The largest absolute Gasteiger partial charge is 0.492 e. The van der Waals surface area contributed by atoms with Crippen molar-refractivity contribution < 1.29 is 35.9 Å². The lowest BCUT2D eigenvalue weighted by Crippen LogP contribution is -2.48. The summed E-state index contributed by atoms with van der Waals surface area (Å²) in [6, 6.07) is 11.0. The van der Waals surface area contributed by atoms with Gasteiger partial charge >= 0.3 is 6.18 Å². The Bertz CT molecular complexity index is 1640. The number of rotatable bonds is 6. The molecule has 13 heteroatoms. The maximum Gasteiger partial charge on any atom is 0.416 e. The van der Waals surface area contributed by atoms with Crippen LogP contribution in [-0.4, -0.2) is 69.2 Å². The average molecular weight is 601 g/mol. The molecule has 1 aliphatic rings. The molecule has 9 nitrogen and oxygen atoms in total. The van der Waals surface area contributed by atoms with Crippen molar-refractivity contribution >= 4 is 27.5 Å². The highest BCUT2D eigenvalue weighted by molar-refractivity contribution is 7.89. The highest BCUT2D eigenvalue weighted by atomic mass is 32.2. The lowest BCUT2D eigenvalue weighted by atomic mass is 10.0. The molecule has 2 amide bonds. The first-order chi connectivity index (χ1) is 19.8. The second kappa shape index (κ2) is 12.5. The molecular formula is C29H27F3N4O5S. The second-order valence-corrected chi connectivity index (χ2v) is 11.2. The number of hydrogen-bond donors (Lipinski definition) is 1. The van der Waals surface area contributed by atoms with E-state index in [9.17, 15) is 31.2 Å². The summed E-state index contributed by atoms with van der Waals surface area (Å²) in [6.07, 6.45) is -0.821. The number of amides is 2. The quantitative estimate of drug-likeness (QED) is 0.431. The van der Waals surface area contributed by atoms with E-state index in [4.69, 9.17) is 4.74 Å². The minimum absolute atomic E-state index is 0.0358. The van der Waals surface area contributed by atoms with Crippen molar-refractivity contribution in [2.75, 3.05) is 43.9 Å². The lowest BCUT2D eigenvalue weighted by Gasteiger charge is -2.36. The molecule has 1 fully saturated rings. The Hall–Kier alpha value is -4.57. The summed E-state index contributed by atoms with van der Waals surface area (Å²) in [5.41, 5.74) is 0.305. The van der Waals surface area contributed by atoms with E-state index in [2.05, 4.69) is 16.8 Å². The zero-order valence-corrected chi connectivity index (χ0v) is 23.6. The van der Waals surface area contributed by atoms with Gasteiger partial charge in [-0.25, -0.2) is 13.1 Å². The molecule has 1 saturated heterocycles. The number of halogens is 3. The Labute approximate surface area is 241 Å².